The Bertz CT molecular complexity index is 520. The standard InChI is InChI=1S/C13H19N5O/c1-9-11(8-14)13(17(2)16-9)18-5-3-10(4-6-18)7-12(15)19/h10H,3-7H2,1-2H3,(H2,15,19). The Kier molecular flexibility index (Phi) is 3.74. The van der Waals surface area contributed by atoms with Crippen LogP contribution in [0.15, 0.2) is 0 Å². The molecule has 6 heteroatoms. The molecule has 0 saturated carbocycles. The number of rotatable bonds is 3. The highest BCUT2D eigenvalue weighted by atomic mass is 16.1. The predicted octanol–water partition coefficient (Wildman–Crippen LogP) is 0.692. The van der Waals surface area contributed by atoms with Crippen LogP contribution in [-0.2, 0) is 11.8 Å². The smallest absolute Gasteiger partial charge is 0.217 e. The van der Waals surface area contributed by atoms with Crippen molar-refractivity contribution in [3.8, 4) is 6.07 Å². The molecule has 1 saturated heterocycles. The molecule has 19 heavy (non-hydrogen) atoms. The highest BCUT2D eigenvalue weighted by Crippen LogP contribution is 2.28. The SMILES string of the molecule is Cc1nn(C)c(N2CCC(CC(N)=O)CC2)c1C#N. The van der Waals surface area contributed by atoms with Crippen molar-refractivity contribution in [3.05, 3.63) is 11.3 Å². The highest BCUT2D eigenvalue weighted by molar-refractivity contribution is 5.74. The first-order chi connectivity index (χ1) is 9.02. The lowest BCUT2D eigenvalue weighted by atomic mass is 9.93. The zero-order valence-electron chi connectivity index (χ0n) is 11.4. The van der Waals surface area contributed by atoms with Gasteiger partial charge in [-0.05, 0) is 25.7 Å². The second-order valence-corrected chi connectivity index (χ2v) is 5.12. The predicted molar refractivity (Wildman–Crippen MR) is 71.4 cm³/mol. The van der Waals surface area contributed by atoms with E-state index in [4.69, 9.17) is 5.73 Å². The van der Waals surface area contributed by atoms with Crippen molar-refractivity contribution in [1.82, 2.24) is 9.78 Å². The maximum Gasteiger partial charge on any atom is 0.217 e. The molecule has 0 radical (unpaired) electrons. The molecular formula is C13H19N5O. The van der Waals surface area contributed by atoms with E-state index in [0.717, 1.165) is 37.4 Å². The fourth-order valence-corrected chi connectivity index (χ4v) is 2.77. The molecule has 2 heterocycles. The van der Waals surface area contributed by atoms with Crippen molar-refractivity contribution in [1.29, 1.82) is 5.26 Å². The monoisotopic (exact) mass is 261 g/mol. The minimum atomic E-state index is -0.229. The molecule has 1 aromatic heterocycles. The molecule has 0 aliphatic carbocycles. The van der Waals surface area contributed by atoms with Crippen molar-refractivity contribution < 1.29 is 4.79 Å². The van der Waals surface area contributed by atoms with E-state index in [0.29, 0.717) is 17.9 Å². The first kappa shape index (κ1) is 13.4. The number of carbonyl (C=O) groups excluding carboxylic acids is 1. The summed E-state index contributed by atoms with van der Waals surface area (Å²) in [5.41, 5.74) is 6.64. The summed E-state index contributed by atoms with van der Waals surface area (Å²) in [6.45, 7) is 3.53. The van der Waals surface area contributed by atoms with Crippen LogP contribution in [0.3, 0.4) is 0 Å². The topological polar surface area (TPSA) is 87.9 Å². The number of nitrogens with zero attached hydrogens (tertiary/aromatic N) is 4. The largest absolute Gasteiger partial charge is 0.370 e. The Morgan fingerprint density at radius 2 is 2.16 bits per heavy atom. The van der Waals surface area contributed by atoms with Gasteiger partial charge in [-0.2, -0.15) is 10.4 Å². The molecule has 2 N–H and O–H groups in total. The fraction of sp³-hybridized carbons (Fsp3) is 0.615. The maximum atomic E-state index is 10.9. The number of aromatic nitrogens is 2. The number of primary amides is 1. The molecule has 0 unspecified atom stereocenters. The van der Waals surface area contributed by atoms with E-state index >= 15 is 0 Å². The summed E-state index contributed by atoms with van der Waals surface area (Å²) in [6.07, 6.45) is 2.32. The molecule has 0 aromatic carbocycles. The molecule has 0 spiro atoms. The van der Waals surface area contributed by atoms with Crippen LogP contribution in [0, 0.1) is 24.2 Å². The van der Waals surface area contributed by atoms with Gasteiger partial charge in [0.15, 0.2) is 0 Å². The Morgan fingerprint density at radius 1 is 1.53 bits per heavy atom. The number of nitriles is 1. The molecule has 6 nitrogen and oxygen atoms in total. The van der Waals surface area contributed by atoms with E-state index in [9.17, 15) is 10.1 Å². The van der Waals surface area contributed by atoms with Gasteiger partial charge in [0.25, 0.3) is 0 Å². The van der Waals surface area contributed by atoms with Crippen LogP contribution in [0.2, 0.25) is 0 Å². The molecule has 1 amide bonds. The van der Waals surface area contributed by atoms with Gasteiger partial charge < -0.3 is 10.6 Å². The number of carbonyl (C=O) groups is 1. The first-order valence-electron chi connectivity index (χ1n) is 6.50. The highest BCUT2D eigenvalue weighted by Gasteiger charge is 2.25. The third kappa shape index (κ3) is 2.70. The molecule has 2 rings (SSSR count). The van der Waals surface area contributed by atoms with Crippen LogP contribution in [0.5, 0.6) is 0 Å². The fourth-order valence-electron chi connectivity index (χ4n) is 2.77. The molecule has 1 fully saturated rings. The van der Waals surface area contributed by atoms with Crippen molar-refractivity contribution in [3.63, 3.8) is 0 Å². The third-order valence-corrected chi connectivity index (χ3v) is 3.71. The van der Waals surface area contributed by atoms with Crippen molar-refractivity contribution in [2.24, 2.45) is 18.7 Å². The summed E-state index contributed by atoms with van der Waals surface area (Å²) in [5.74, 6) is 1.03. The van der Waals surface area contributed by atoms with Crippen LogP contribution in [0.1, 0.15) is 30.5 Å². The molecular weight excluding hydrogens is 242 g/mol. The van der Waals surface area contributed by atoms with E-state index in [1.807, 2.05) is 14.0 Å². The lowest BCUT2D eigenvalue weighted by molar-refractivity contribution is -0.119. The van der Waals surface area contributed by atoms with Gasteiger partial charge in [0.05, 0.1) is 5.69 Å². The van der Waals surface area contributed by atoms with Gasteiger partial charge in [0.1, 0.15) is 17.5 Å². The van der Waals surface area contributed by atoms with Gasteiger partial charge in [-0.15, -0.1) is 0 Å². The quantitative estimate of drug-likeness (QED) is 0.867. The Labute approximate surface area is 112 Å². The molecule has 102 valence electrons. The normalized spacial score (nSPS) is 16.4. The summed E-state index contributed by atoms with van der Waals surface area (Å²) in [7, 11) is 1.86. The summed E-state index contributed by atoms with van der Waals surface area (Å²) in [4.78, 5) is 13.1. The Morgan fingerprint density at radius 3 is 2.68 bits per heavy atom. The molecule has 1 aromatic rings. The molecule has 1 aliphatic heterocycles. The minimum Gasteiger partial charge on any atom is -0.370 e. The number of piperidine rings is 1. The lowest BCUT2D eigenvalue weighted by Crippen LogP contribution is -2.36. The second kappa shape index (κ2) is 5.31. The number of aryl methyl sites for hydroxylation is 2. The van der Waals surface area contributed by atoms with Gasteiger partial charge in [-0.25, -0.2) is 0 Å². The zero-order chi connectivity index (χ0) is 14.0. The van der Waals surface area contributed by atoms with Crippen LogP contribution in [-0.4, -0.2) is 28.8 Å². The number of anilines is 1. The molecule has 0 atom stereocenters. The van der Waals surface area contributed by atoms with Crippen LogP contribution in [0.4, 0.5) is 5.82 Å². The van der Waals surface area contributed by atoms with E-state index in [2.05, 4.69) is 16.1 Å². The van der Waals surface area contributed by atoms with Gasteiger partial charge >= 0.3 is 0 Å². The Balaban J connectivity index is 2.10. The van der Waals surface area contributed by atoms with E-state index in [1.54, 1.807) is 4.68 Å². The summed E-state index contributed by atoms with van der Waals surface area (Å²) in [6, 6.07) is 2.23. The maximum absolute atomic E-state index is 10.9. The van der Waals surface area contributed by atoms with Crippen LogP contribution in [0.25, 0.3) is 0 Å². The van der Waals surface area contributed by atoms with E-state index < -0.39 is 0 Å². The zero-order valence-corrected chi connectivity index (χ0v) is 11.4. The van der Waals surface area contributed by atoms with Gasteiger partial charge in [-0.1, -0.05) is 0 Å². The summed E-state index contributed by atoms with van der Waals surface area (Å²) >= 11 is 0. The first-order valence-corrected chi connectivity index (χ1v) is 6.50. The number of hydrogen-bond acceptors (Lipinski definition) is 4. The second-order valence-electron chi connectivity index (χ2n) is 5.12. The number of nitrogens with two attached hydrogens (primary N) is 1. The van der Waals surface area contributed by atoms with E-state index in [1.165, 1.54) is 0 Å². The Hall–Kier alpha value is -2.03. The third-order valence-electron chi connectivity index (χ3n) is 3.71. The van der Waals surface area contributed by atoms with Crippen molar-refractivity contribution in [2.45, 2.75) is 26.2 Å². The lowest BCUT2D eigenvalue weighted by Gasteiger charge is -2.33. The molecule has 0 bridgehead atoms. The number of hydrogen-bond donors (Lipinski definition) is 1. The van der Waals surface area contributed by atoms with E-state index in [-0.39, 0.29) is 5.91 Å². The van der Waals surface area contributed by atoms with Gasteiger partial charge in [-0.3, -0.25) is 9.48 Å². The van der Waals surface area contributed by atoms with Crippen molar-refractivity contribution >= 4 is 11.7 Å². The van der Waals surface area contributed by atoms with Crippen molar-refractivity contribution in [2.75, 3.05) is 18.0 Å². The molecule has 1 aliphatic rings. The average molecular weight is 261 g/mol. The average Bonchev–Trinajstić information content (AvgIpc) is 2.64. The van der Waals surface area contributed by atoms with Crippen LogP contribution < -0.4 is 10.6 Å². The summed E-state index contributed by atoms with van der Waals surface area (Å²) in [5, 5.41) is 13.5. The van der Waals surface area contributed by atoms with Gasteiger partial charge in [0.2, 0.25) is 5.91 Å². The van der Waals surface area contributed by atoms with Crippen LogP contribution >= 0.6 is 0 Å². The summed E-state index contributed by atoms with van der Waals surface area (Å²) < 4.78 is 1.77. The minimum absolute atomic E-state index is 0.229. The van der Waals surface area contributed by atoms with Gasteiger partial charge in [0, 0.05) is 26.6 Å². The number of amides is 1.